The van der Waals surface area contributed by atoms with Crippen molar-refractivity contribution in [3.8, 4) is 5.75 Å². The summed E-state index contributed by atoms with van der Waals surface area (Å²) in [6.45, 7) is 7.81. The van der Waals surface area contributed by atoms with E-state index in [1.807, 2.05) is 0 Å². The Balaban J connectivity index is 1.82. The smallest absolute Gasteiger partial charge is 0.350 e. The number of anilines is 1. The average molecular weight is 525 g/mol. The Morgan fingerprint density at radius 3 is 2.65 bits per heavy atom. The number of thiazole rings is 1. The molecule has 3 heterocycles. The minimum atomic E-state index is -1.08. The fourth-order valence-electron chi connectivity index (χ4n) is 3.99. The molecule has 2 aromatic heterocycles. The number of Topliss-reactive ketones (excluding diaryl/α,β-unsaturated/α-hetero) is 1. The van der Waals surface area contributed by atoms with Crippen LogP contribution in [0.2, 0.25) is 0 Å². The molecular formula is C27H28N2O7S. The first kappa shape index (κ1) is 26.2. The van der Waals surface area contributed by atoms with E-state index in [2.05, 4.69) is 11.9 Å². The number of unbranched alkanes of at least 4 members (excludes halogenated alkanes) is 1. The lowest BCUT2D eigenvalue weighted by molar-refractivity contribution is -0.132. The van der Waals surface area contributed by atoms with Gasteiger partial charge < -0.3 is 19.0 Å². The quantitative estimate of drug-likeness (QED) is 0.131. The van der Waals surface area contributed by atoms with Crippen molar-refractivity contribution < 1.29 is 33.4 Å². The first-order valence-corrected chi connectivity index (χ1v) is 12.8. The molecule has 3 aromatic rings. The number of aromatic nitrogens is 1. The highest BCUT2D eigenvalue weighted by molar-refractivity contribution is 7.17. The van der Waals surface area contributed by atoms with E-state index >= 15 is 0 Å². The van der Waals surface area contributed by atoms with Crippen LogP contribution < -0.4 is 9.64 Å². The molecule has 1 unspecified atom stereocenters. The normalized spacial score (nSPS) is 16.9. The van der Waals surface area contributed by atoms with E-state index in [9.17, 15) is 19.5 Å². The number of amides is 1. The minimum absolute atomic E-state index is 0.123. The van der Waals surface area contributed by atoms with Gasteiger partial charge in [0.2, 0.25) is 0 Å². The van der Waals surface area contributed by atoms with Gasteiger partial charge in [-0.05, 0) is 51.5 Å². The fourth-order valence-corrected chi connectivity index (χ4v) is 4.98. The number of aliphatic hydroxyl groups excluding tert-OH is 1. The first-order chi connectivity index (χ1) is 17.8. The van der Waals surface area contributed by atoms with Gasteiger partial charge in [-0.2, -0.15) is 0 Å². The van der Waals surface area contributed by atoms with Gasteiger partial charge in [-0.25, -0.2) is 9.78 Å². The summed E-state index contributed by atoms with van der Waals surface area (Å²) < 4.78 is 16.7. The number of aliphatic hydroxyl groups is 1. The van der Waals surface area contributed by atoms with Gasteiger partial charge in [-0.15, -0.1) is 0 Å². The van der Waals surface area contributed by atoms with Crippen molar-refractivity contribution in [3.63, 3.8) is 0 Å². The van der Waals surface area contributed by atoms with Crippen LogP contribution in [0.3, 0.4) is 0 Å². The summed E-state index contributed by atoms with van der Waals surface area (Å²) >= 11 is 0.940. The second-order valence-corrected chi connectivity index (χ2v) is 9.46. The molecule has 4 rings (SSSR count). The molecule has 0 spiro atoms. The van der Waals surface area contributed by atoms with Gasteiger partial charge in [0.15, 0.2) is 5.13 Å². The summed E-state index contributed by atoms with van der Waals surface area (Å²) in [6, 6.07) is 8.97. The zero-order valence-corrected chi connectivity index (χ0v) is 21.9. The van der Waals surface area contributed by atoms with Crippen LogP contribution in [0.5, 0.6) is 5.75 Å². The summed E-state index contributed by atoms with van der Waals surface area (Å²) in [5.74, 6) is -1.33. The zero-order valence-electron chi connectivity index (χ0n) is 21.1. The van der Waals surface area contributed by atoms with Crippen LogP contribution in [0.4, 0.5) is 5.13 Å². The number of ether oxygens (including phenoxy) is 2. The van der Waals surface area contributed by atoms with Crippen molar-refractivity contribution in [1.29, 1.82) is 0 Å². The molecule has 0 bridgehead atoms. The highest BCUT2D eigenvalue weighted by atomic mass is 32.1. The second-order valence-electron chi connectivity index (χ2n) is 8.48. The summed E-state index contributed by atoms with van der Waals surface area (Å²) in [4.78, 5) is 44.8. The predicted octanol–water partition coefficient (Wildman–Crippen LogP) is 5.33. The van der Waals surface area contributed by atoms with Gasteiger partial charge >= 0.3 is 11.9 Å². The Bertz CT molecular complexity index is 1370. The van der Waals surface area contributed by atoms with Gasteiger partial charge in [0.25, 0.3) is 5.78 Å². The van der Waals surface area contributed by atoms with Crippen LogP contribution >= 0.6 is 11.3 Å². The van der Waals surface area contributed by atoms with Crippen molar-refractivity contribution in [2.75, 3.05) is 18.1 Å². The van der Waals surface area contributed by atoms with Crippen molar-refractivity contribution in [1.82, 2.24) is 4.98 Å². The standard InChI is InChI=1S/C27H28N2O7S/c1-5-7-13-35-18-10-8-9-17(14-18)22(30)20-21(19-12-11-15(3)36-19)29(25(32)23(20)31)27-28-16(4)24(37-27)26(33)34-6-2/h8-12,14,21,30H,5-7,13H2,1-4H3. The molecule has 37 heavy (non-hydrogen) atoms. The second kappa shape index (κ2) is 11.0. The van der Waals surface area contributed by atoms with Crippen LogP contribution in [-0.2, 0) is 14.3 Å². The number of ketones is 1. The molecule has 1 aliphatic rings. The molecule has 1 aromatic carbocycles. The van der Waals surface area contributed by atoms with Crippen molar-refractivity contribution >= 4 is 39.9 Å². The van der Waals surface area contributed by atoms with Crippen LogP contribution in [0.25, 0.3) is 5.76 Å². The highest BCUT2D eigenvalue weighted by Crippen LogP contribution is 2.44. The SMILES string of the molecule is CCCCOc1cccc(C(O)=C2C(=O)C(=O)N(c3nc(C)c(C(=O)OCC)s3)C2c2ccc(C)o2)c1. The van der Waals surface area contributed by atoms with Crippen LogP contribution in [0.1, 0.15) is 65.2 Å². The molecule has 1 fully saturated rings. The van der Waals surface area contributed by atoms with Gasteiger partial charge in [0, 0.05) is 5.56 Å². The molecular weight excluding hydrogens is 496 g/mol. The molecule has 1 atom stereocenters. The number of aryl methyl sites for hydroxylation is 2. The van der Waals surface area contributed by atoms with E-state index < -0.39 is 23.7 Å². The Kier molecular flexibility index (Phi) is 7.77. The topological polar surface area (TPSA) is 119 Å². The van der Waals surface area contributed by atoms with E-state index in [0.29, 0.717) is 29.4 Å². The van der Waals surface area contributed by atoms with Crippen molar-refractivity contribution in [2.24, 2.45) is 0 Å². The molecule has 0 radical (unpaired) electrons. The fraction of sp³-hybridized carbons (Fsp3) is 0.333. The third-order valence-corrected chi connectivity index (χ3v) is 6.94. The van der Waals surface area contributed by atoms with Gasteiger partial charge in [0.05, 0.1) is 24.5 Å². The maximum absolute atomic E-state index is 13.3. The first-order valence-electron chi connectivity index (χ1n) is 12.0. The Labute approximate surface area is 218 Å². The summed E-state index contributed by atoms with van der Waals surface area (Å²) in [5.41, 5.74) is 0.546. The average Bonchev–Trinajstić information content (AvgIpc) is 3.55. The highest BCUT2D eigenvalue weighted by Gasteiger charge is 2.50. The van der Waals surface area contributed by atoms with E-state index in [0.717, 1.165) is 29.1 Å². The molecule has 1 N–H and O–H groups in total. The van der Waals surface area contributed by atoms with E-state index in [-0.39, 0.29) is 33.7 Å². The van der Waals surface area contributed by atoms with Gasteiger partial charge in [-0.3, -0.25) is 14.5 Å². The molecule has 194 valence electrons. The number of furan rings is 1. The Hall–Kier alpha value is -3.92. The molecule has 0 aliphatic carbocycles. The summed E-state index contributed by atoms with van der Waals surface area (Å²) in [5, 5.41) is 11.4. The van der Waals surface area contributed by atoms with Crippen LogP contribution in [0, 0.1) is 13.8 Å². The maximum Gasteiger partial charge on any atom is 0.350 e. The Morgan fingerprint density at radius 1 is 1.19 bits per heavy atom. The van der Waals surface area contributed by atoms with E-state index in [1.54, 1.807) is 57.2 Å². The minimum Gasteiger partial charge on any atom is -0.507 e. The number of hydrogen-bond donors (Lipinski definition) is 1. The number of carbonyl (C=O) groups excluding carboxylic acids is 3. The molecule has 1 amide bonds. The molecule has 0 saturated carbocycles. The number of nitrogens with zero attached hydrogens (tertiary/aromatic N) is 2. The molecule has 1 aliphatic heterocycles. The third-order valence-electron chi connectivity index (χ3n) is 5.80. The van der Waals surface area contributed by atoms with Crippen LogP contribution in [-0.4, -0.2) is 41.0 Å². The largest absolute Gasteiger partial charge is 0.507 e. The zero-order chi connectivity index (χ0) is 26.7. The predicted molar refractivity (Wildman–Crippen MR) is 138 cm³/mol. The monoisotopic (exact) mass is 524 g/mol. The lowest BCUT2D eigenvalue weighted by Crippen LogP contribution is -2.29. The molecule has 9 nitrogen and oxygen atoms in total. The maximum atomic E-state index is 13.3. The van der Waals surface area contributed by atoms with Gasteiger partial charge in [0.1, 0.15) is 33.9 Å². The van der Waals surface area contributed by atoms with Crippen molar-refractivity contribution in [3.05, 3.63) is 69.6 Å². The summed E-state index contributed by atoms with van der Waals surface area (Å²) in [7, 11) is 0. The number of benzene rings is 1. The molecule has 1 saturated heterocycles. The Morgan fingerprint density at radius 2 is 1.97 bits per heavy atom. The van der Waals surface area contributed by atoms with Crippen molar-refractivity contribution in [2.45, 2.75) is 46.6 Å². The van der Waals surface area contributed by atoms with E-state index in [4.69, 9.17) is 13.9 Å². The lowest BCUT2D eigenvalue weighted by Gasteiger charge is -2.20. The number of hydrogen-bond acceptors (Lipinski definition) is 9. The van der Waals surface area contributed by atoms with Gasteiger partial charge in [-0.1, -0.05) is 36.8 Å². The van der Waals surface area contributed by atoms with E-state index in [1.165, 1.54) is 0 Å². The van der Waals surface area contributed by atoms with Crippen LogP contribution in [0.15, 0.2) is 46.4 Å². The summed E-state index contributed by atoms with van der Waals surface area (Å²) in [6.07, 6.45) is 1.85. The number of carbonyl (C=O) groups is 3. The molecule has 10 heteroatoms. The third kappa shape index (κ3) is 5.15. The number of esters is 1. The lowest BCUT2D eigenvalue weighted by atomic mass is 9.99. The number of rotatable bonds is 9.